The molecule has 2 amide bonds. The number of anilines is 1. The number of aryl methyl sites for hydroxylation is 1. The summed E-state index contributed by atoms with van der Waals surface area (Å²) in [5, 5.41) is 3.77. The van der Waals surface area contributed by atoms with Gasteiger partial charge < -0.3 is 10.2 Å². The summed E-state index contributed by atoms with van der Waals surface area (Å²) >= 11 is 12.4. The fourth-order valence-corrected chi connectivity index (χ4v) is 5.61. The molecule has 0 aromatic heterocycles. The summed E-state index contributed by atoms with van der Waals surface area (Å²) in [6, 6.07) is 9.75. The van der Waals surface area contributed by atoms with Gasteiger partial charge in [-0.25, -0.2) is 8.42 Å². The average Bonchev–Trinajstić information content (AvgIpc) is 2.78. The SMILES string of the molecule is CCC(C(=O)NC(C)C)N(Cc1ccc(Cl)cc1Cl)C(=O)CCCN(c1cccc(C)c1C)S(C)(=O)=O. The van der Waals surface area contributed by atoms with Gasteiger partial charge in [-0.2, -0.15) is 0 Å². The Morgan fingerprint density at radius 2 is 1.76 bits per heavy atom. The van der Waals surface area contributed by atoms with Crippen LogP contribution in [0.1, 0.15) is 56.7 Å². The lowest BCUT2D eigenvalue weighted by Crippen LogP contribution is -2.50. The molecule has 2 rings (SSSR count). The first-order valence-corrected chi connectivity index (χ1v) is 14.9. The Bertz CT molecular complexity index is 1220. The van der Waals surface area contributed by atoms with Gasteiger partial charge in [0, 0.05) is 35.6 Å². The summed E-state index contributed by atoms with van der Waals surface area (Å²) in [5.41, 5.74) is 3.12. The molecular weight excluding hydrogens is 533 g/mol. The third-order valence-electron chi connectivity index (χ3n) is 6.17. The molecule has 0 radical (unpaired) electrons. The van der Waals surface area contributed by atoms with Crippen molar-refractivity contribution in [1.82, 2.24) is 10.2 Å². The van der Waals surface area contributed by atoms with Crippen LogP contribution in [0, 0.1) is 13.8 Å². The lowest BCUT2D eigenvalue weighted by molar-refractivity contribution is -0.141. The lowest BCUT2D eigenvalue weighted by Gasteiger charge is -2.32. The second-order valence-electron chi connectivity index (χ2n) is 9.50. The summed E-state index contributed by atoms with van der Waals surface area (Å²) in [6.45, 7) is 9.64. The molecule has 0 saturated heterocycles. The molecule has 1 N–H and O–H groups in total. The first-order valence-electron chi connectivity index (χ1n) is 12.3. The maximum absolute atomic E-state index is 13.5. The van der Waals surface area contributed by atoms with E-state index in [0.29, 0.717) is 27.7 Å². The van der Waals surface area contributed by atoms with Gasteiger partial charge in [0.2, 0.25) is 21.8 Å². The molecule has 0 spiro atoms. The minimum atomic E-state index is -3.57. The van der Waals surface area contributed by atoms with Crippen molar-refractivity contribution in [1.29, 1.82) is 0 Å². The molecule has 37 heavy (non-hydrogen) atoms. The topological polar surface area (TPSA) is 86.8 Å². The molecule has 0 fully saturated rings. The van der Waals surface area contributed by atoms with Gasteiger partial charge in [-0.15, -0.1) is 0 Å². The van der Waals surface area contributed by atoms with Gasteiger partial charge in [0.05, 0.1) is 11.9 Å². The largest absolute Gasteiger partial charge is 0.352 e. The van der Waals surface area contributed by atoms with Crippen LogP contribution in [0.5, 0.6) is 0 Å². The molecule has 0 aliphatic rings. The predicted octanol–water partition coefficient (Wildman–Crippen LogP) is 5.49. The average molecular weight is 571 g/mol. The summed E-state index contributed by atoms with van der Waals surface area (Å²) < 4.78 is 26.6. The van der Waals surface area contributed by atoms with Crippen LogP contribution in [0.3, 0.4) is 0 Å². The molecule has 0 aliphatic carbocycles. The Hall–Kier alpha value is -2.29. The number of carbonyl (C=O) groups excluding carboxylic acids is 2. The number of hydrogen-bond donors (Lipinski definition) is 1. The fraction of sp³-hybridized carbons (Fsp3) is 0.481. The maximum atomic E-state index is 13.5. The quantitative estimate of drug-likeness (QED) is 0.366. The number of amides is 2. The van der Waals surface area contributed by atoms with Gasteiger partial charge >= 0.3 is 0 Å². The van der Waals surface area contributed by atoms with E-state index in [1.54, 1.807) is 24.3 Å². The predicted molar refractivity (Wildman–Crippen MR) is 152 cm³/mol. The first-order chi connectivity index (χ1) is 17.3. The molecule has 10 heteroatoms. The van der Waals surface area contributed by atoms with E-state index < -0.39 is 16.1 Å². The Morgan fingerprint density at radius 3 is 2.32 bits per heavy atom. The zero-order chi connectivity index (χ0) is 27.9. The molecule has 7 nitrogen and oxygen atoms in total. The third kappa shape index (κ3) is 8.62. The number of hydrogen-bond acceptors (Lipinski definition) is 4. The molecule has 204 valence electrons. The van der Waals surface area contributed by atoms with Crippen LogP contribution in [0.25, 0.3) is 0 Å². The van der Waals surface area contributed by atoms with E-state index in [9.17, 15) is 18.0 Å². The highest BCUT2D eigenvalue weighted by atomic mass is 35.5. The van der Waals surface area contributed by atoms with Gasteiger partial charge in [0.1, 0.15) is 6.04 Å². The summed E-state index contributed by atoms with van der Waals surface area (Å²) in [6.07, 6.45) is 1.92. The lowest BCUT2D eigenvalue weighted by atomic mass is 10.1. The van der Waals surface area contributed by atoms with E-state index in [1.807, 2.05) is 46.8 Å². The van der Waals surface area contributed by atoms with Crippen molar-refractivity contribution in [2.45, 2.75) is 72.5 Å². The normalized spacial score (nSPS) is 12.4. The molecule has 1 atom stereocenters. The molecule has 0 heterocycles. The number of nitrogens with one attached hydrogen (secondary N) is 1. The van der Waals surface area contributed by atoms with Gasteiger partial charge in [-0.3, -0.25) is 13.9 Å². The molecule has 1 unspecified atom stereocenters. The second-order valence-corrected chi connectivity index (χ2v) is 12.3. The van der Waals surface area contributed by atoms with Gasteiger partial charge in [-0.05, 0) is 75.4 Å². The van der Waals surface area contributed by atoms with Gasteiger partial charge in [0.15, 0.2) is 0 Å². The Kier molecular flexibility index (Phi) is 11.3. The minimum Gasteiger partial charge on any atom is -0.352 e. The second kappa shape index (κ2) is 13.5. The van der Waals surface area contributed by atoms with Gasteiger partial charge in [0.25, 0.3) is 0 Å². The Labute approximate surface area is 231 Å². The number of benzene rings is 2. The number of rotatable bonds is 12. The summed E-state index contributed by atoms with van der Waals surface area (Å²) in [5.74, 6) is -0.504. The molecule has 0 saturated carbocycles. The third-order valence-corrected chi connectivity index (χ3v) is 7.94. The molecule has 0 aliphatic heterocycles. The van der Waals surface area contributed by atoms with Crippen molar-refractivity contribution in [3.63, 3.8) is 0 Å². The van der Waals surface area contributed by atoms with E-state index in [1.165, 1.54) is 9.21 Å². The maximum Gasteiger partial charge on any atom is 0.243 e. The number of halogens is 2. The van der Waals surface area contributed by atoms with Gasteiger partial charge in [-0.1, -0.05) is 48.3 Å². The van der Waals surface area contributed by atoms with Crippen molar-refractivity contribution < 1.29 is 18.0 Å². The number of nitrogens with zero attached hydrogens (tertiary/aromatic N) is 2. The van der Waals surface area contributed by atoms with E-state index >= 15 is 0 Å². The summed E-state index contributed by atoms with van der Waals surface area (Å²) in [4.78, 5) is 28.0. The standard InChI is InChI=1S/C27H37Cl2N3O4S/c1-7-24(27(34)30-18(2)3)31(17-21-13-14-22(28)16-23(21)29)26(33)12-9-15-32(37(6,35)36)25-11-8-10-19(4)20(25)5/h8,10-11,13-14,16,18,24H,7,9,12,15,17H2,1-6H3,(H,30,34). The van der Waals surface area contributed by atoms with Crippen LogP contribution in [0.15, 0.2) is 36.4 Å². The zero-order valence-corrected chi connectivity index (χ0v) is 24.7. The van der Waals surface area contributed by atoms with E-state index in [0.717, 1.165) is 17.4 Å². The highest BCUT2D eigenvalue weighted by molar-refractivity contribution is 7.92. The first kappa shape index (κ1) is 30.9. The van der Waals surface area contributed by atoms with Crippen molar-refractivity contribution in [2.75, 3.05) is 17.1 Å². The smallest absolute Gasteiger partial charge is 0.243 e. The van der Waals surface area contributed by atoms with Crippen LogP contribution in [0.2, 0.25) is 10.0 Å². The Morgan fingerprint density at radius 1 is 1.08 bits per heavy atom. The summed E-state index contributed by atoms with van der Waals surface area (Å²) in [7, 11) is -3.57. The van der Waals surface area contributed by atoms with E-state index in [4.69, 9.17) is 23.2 Å². The van der Waals surface area contributed by atoms with E-state index in [-0.39, 0.29) is 43.8 Å². The molecule has 2 aromatic rings. The number of carbonyl (C=O) groups is 2. The van der Waals surface area contributed by atoms with Crippen molar-refractivity contribution >= 4 is 50.7 Å². The fourth-order valence-electron chi connectivity index (χ4n) is 4.12. The highest BCUT2D eigenvalue weighted by Gasteiger charge is 2.30. The monoisotopic (exact) mass is 569 g/mol. The zero-order valence-electron chi connectivity index (χ0n) is 22.3. The highest BCUT2D eigenvalue weighted by Crippen LogP contribution is 2.27. The molecular formula is C27H37Cl2N3O4S. The minimum absolute atomic E-state index is 0.0630. The van der Waals surface area contributed by atoms with Crippen LogP contribution in [-0.2, 0) is 26.2 Å². The van der Waals surface area contributed by atoms with Crippen molar-refractivity contribution in [2.24, 2.45) is 0 Å². The van der Waals surface area contributed by atoms with Crippen LogP contribution < -0.4 is 9.62 Å². The van der Waals surface area contributed by atoms with Crippen molar-refractivity contribution in [3.05, 3.63) is 63.1 Å². The molecule has 2 aromatic carbocycles. The molecule has 0 bridgehead atoms. The van der Waals surface area contributed by atoms with E-state index in [2.05, 4.69) is 5.32 Å². The Balaban J connectivity index is 2.29. The van der Waals surface area contributed by atoms with Crippen molar-refractivity contribution in [3.8, 4) is 0 Å². The van der Waals surface area contributed by atoms with Crippen LogP contribution in [0.4, 0.5) is 5.69 Å². The van der Waals surface area contributed by atoms with Crippen LogP contribution in [-0.4, -0.2) is 50.0 Å². The van der Waals surface area contributed by atoms with Crippen LogP contribution >= 0.6 is 23.2 Å². The number of sulfonamides is 1.